The quantitative estimate of drug-likeness (QED) is 0.648. The highest BCUT2D eigenvalue weighted by molar-refractivity contribution is 5.75. The highest BCUT2D eigenvalue weighted by Crippen LogP contribution is 2.10. The van der Waals surface area contributed by atoms with Crippen LogP contribution < -0.4 is 9.79 Å². The maximum Gasteiger partial charge on any atom is 0.252 e. The van der Waals surface area contributed by atoms with Gasteiger partial charge in [0.15, 0.2) is 13.0 Å². The molecule has 0 atom stereocenters. The second-order valence-corrected chi connectivity index (χ2v) is 3.78. The predicted molar refractivity (Wildman–Crippen MR) is 53.1 cm³/mol. The summed E-state index contributed by atoms with van der Waals surface area (Å²) in [4.78, 5) is 13.1. The van der Waals surface area contributed by atoms with Crippen molar-refractivity contribution in [2.45, 2.75) is 32.7 Å². The number of carbonyl (C=O) groups excluding carboxylic acids is 1. The van der Waals surface area contributed by atoms with Crippen LogP contribution in [0.3, 0.4) is 0 Å². The Morgan fingerprint density at radius 2 is 2.31 bits per heavy atom. The van der Waals surface area contributed by atoms with Gasteiger partial charge in [-0.05, 0) is 6.42 Å². The van der Waals surface area contributed by atoms with Crippen molar-refractivity contribution >= 4 is 5.91 Å². The van der Waals surface area contributed by atoms with E-state index in [1.54, 1.807) is 14.1 Å². The molecule has 0 saturated carbocycles. The van der Waals surface area contributed by atoms with Crippen LogP contribution in [0.4, 0.5) is 0 Å². The molecule has 0 fully saturated rings. The first-order valence-corrected chi connectivity index (χ1v) is 5.32. The number of hydrogen-bond acceptors (Lipinski definition) is 4. The van der Waals surface area contributed by atoms with Gasteiger partial charge in [0.1, 0.15) is 6.54 Å². The molecule has 0 bridgehead atoms. The first-order chi connectivity index (χ1) is 7.56. The molecule has 0 aromatic carbocycles. The molecule has 0 N–H and O–H groups in total. The third kappa shape index (κ3) is 2.95. The van der Waals surface area contributed by atoms with Crippen LogP contribution in [0.1, 0.15) is 31.9 Å². The minimum atomic E-state index is -0.488. The topological polar surface area (TPSA) is 73.3 Å². The van der Waals surface area contributed by atoms with Gasteiger partial charge in [-0.3, -0.25) is 4.79 Å². The Morgan fingerprint density at radius 1 is 1.62 bits per heavy atom. The van der Waals surface area contributed by atoms with E-state index in [4.69, 9.17) is 0 Å². The van der Waals surface area contributed by atoms with E-state index < -0.39 is 5.95 Å². The van der Waals surface area contributed by atoms with E-state index in [9.17, 15) is 9.90 Å². The van der Waals surface area contributed by atoms with Crippen LogP contribution in [0, 0.1) is 0 Å². The molecule has 1 heterocycles. The van der Waals surface area contributed by atoms with Gasteiger partial charge in [-0.2, -0.15) is 0 Å². The maximum absolute atomic E-state index is 11.6. The van der Waals surface area contributed by atoms with E-state index in [-0.39, 0.29) is 12.5 Å². The van der Waals surface area contributed by atoms with Gasteiger partial charge in [0, 0.05) is 13.5 Å². The number of rotatable bonds is 5. The monoisotopic (exact) mass is 227 g/mol. The van der Waals surface area contributed by atoms with Gasteiger partial charge in [0.05, 0.1) is 5.27 Å². The molecule has 90 valence electrons. The van der Waals surface area contributed by atoms with E-state index in [2.05, 4.69) is 9.79 Å². The van der Waals surface area contributed by atoms with Gasteiger partial charge in [-0.25, -0.2) is 0 Å². The minimum absolute atomic E-state index is 0.0300. The number of carbonyl (C=O) groups is 1. The van der Waals surface area contributed by atoms with Crippen LogP contribution in [0.25, 0.3) is 0 Å². The Balaban J connectivity index is 2.57. The van der Waals surface area contributed by atoms with Gasteiger partial charge in [-0.1, -0.05) is 18.0 Å². The Hall–Kier alpha value is -1.59. The third-order valence-electron chi connectivity index (χ3n) is 2.43. The van der Waals surface area contributed by atoms with Crippen molar-refractivity contribution in [1.82, 2.24) is 10.2 Å². The van der Waals surface area contributed by atoms with Crippen LogP contribution in [-0.2, 0) is 18.4 Å². The summed E-state index contributed by atoms with van der Waals surface area (Å²) in [5.74, 6) is -0.458. The number of hydrogen-bond donors (Lipinski definition) is 0. The molecule has 1 rings (SSSR count). The third-order valence-corrected chi connectivity index (χ3v) is 2.43. The van der Waals surface area contributed by atoms with E-state index in [0.29, 0.717) is 12.1 Å². The Kier molecular flexibility index (Phi) is 4.28. The maximum atomic E-state index is 11.6. The number of nitrogens with zero attached hydrogens (tertiary/aromatic N) is 3. The largest absolute Gasteiger partial charge is 0.539 e. The molecule has 1 amide bonds. The fourth-order valence-corrected chi connectivity index (χ4v) is 1.33. The molecule has 6 nitrogen and oxygen atoms in total. The summed E-state index contributed by atoms with van der Waals surface area (Å²) in [6.45, 7) is 2.27. The molecule has 0 aliphatic rings. The van der Waals surface area contributed by atoms with Gasteiger partial charge in [-0.15, -0.1) is 0 Å². The molecule has 6 heteroatoms. The summed E-state index contributed by atoms with van der Waals surface area (Å²) < 4.78 is 5.83. The summed E-state index contributed by atoms with van der Waals surface area (Å²) in [7, 11) is 3.29. The molecular weight excluding hydrogens is 210 g/mol. The zero-order chi connectivity index (χ0) is 12.1. The second kappa shape index (κ2) is 5.48. The van der Waals surface area contributed by atoms with Gasteiger partial charge >= 0.3 is 0 Å². The molecule has 0 radical (unpaired) electrons. The molecule has 0 spiro atoms. The molecule has 0 unspecified atom stereocenters. The van der Waals surface area contributed by atoms with Crippen LogP contribution in [-0.4, -0.2) is 23.1 Å². The van der Waals surface area contributed by atoms with Crippen molar-refractivity contribution in [1.29, 1.82) is 0 Å². The van der Waals surface area contributed by atoms with Gasteiger partial charge < -0.3 is 14.5 Å². The predicted octanol–water partition coefficient (Wildman–Crippen LogP) is -0.279. The number of aromatic nitrogens is 2. The lowest BCUT2D eigenvalue weighted by Crippen LogP contribution is -2.38. The average molecular weight is 227 g/mol. The smallest absolute Gasteiger partial charge is 0.252 e. The first-order valence-electron chi connectivity index (χ1n) is 5.32. The normalized spacial score (nSPS) is 10.4. The van der Waals surface area contributed by atoms with Crippen LogP contribution in [0.5, 0.6) is 5.95 Å². The van der Waals surface area contributed by atoms with Crippen LogP contribution >= 0.6 is 0 Å². The standard InChI is InChI=1S/C10H17N3O3/c1-4-5-6-9(14)12(2)7-8-10(15)16-11-13(8)3/h4-7H2,1-3H3. The van der Waals surface area contributed by atoms with Crippen LogP contribution in [0.2, 0.25) is 0 Å². The van der Waals surface area contributed by atoms with Crippen molar-refractivity contribution < 1.29 is 19.1 Å². The highest BCUT2D eigenvalue weighted by atomic mass is 16.6. The summed E-state index contributed by atoms with van der Waals surface area (Å²) in [5, 5.41) is 14.7. The molecule has 1 aromatic heterocycles. The molecule has 0 aliphatic heterocycles. The zero-order valence-electron chi connectivity index (χ0n) is 9.89. The lowest BCUT2D eigenvalue weighted by Gasteiger charge is -2.14. The molecule has 16 heavy (non-hydrogen) atoms. The van der Waals surface area contributed by atoms with Crippen molar-refractivity contribution in [3.63, 3.8) is 0 Å². The molecule has 0 aliphatic carbocycles. The minimum Gasteiger partial charge on any atom is -0.539 e. The Bertz CT molecular complexity index is 343. The SMILES string of the molecule is CCCCC(=O)N(C)Cc1c([O-])on[n+]1C. The highest BCUT2D eigenvalue weighted by Gasteiger charge is 2.18. The molecule has 1 aromatic rings. The second-order valence-electron chi connectivity index (χ2n) is 3.78. The lowest BCUT2D eigenvalue weighted by atomic mass is 10.2. The van der Waals surface area contributed by atoms with Crippen molar-refractivity contribution in [3.05, 3.63) is 5.69 Å². The Morgan fingerprint density at radius 3 is 2.81 bits per heavy atom. The van der Waals surface area contributed by atoms with Crippen molar-refractivity contribution in [2.24, 2.45) is 7.05 Å². The number of amides is 1. The van der Waals surface area contributed by atoms with Gasteiger partial charge in [0.25, 0.3) is 5.69 Å². The van der Waals surface area contributed by atoms with Crippen molar-refractivity contribution in [2.75, 3.05) is 7.05 Å². The van der Waals surface area contributed by atoms with Crippen LogP contribution in [0.15, 0.2) is 4.52 Å². The summed E-state index contributed by atoms with van der Waals surface area (Å²) >= 11 is 0. The van der Waals surface area contributed by atoms with Crippen molar-refractivity contribution in [3.8, 4) is 5.95 Å². The van der Waals surface area contributed by atoms with Gasteiger partial charge in [0.2, 0.25) is 5.91 Å². The molecular formula is C10H17N3O3. The Labute approximate surface area is 94.4 Å². The molecule has 0 saturated heterocycles. The van der Waals surface area contributed by atoms with E-state index >= 15 is 0 Å². The first kappa shape index (κ1) is 12.5. The number of unbranched alkanes of at least 4 members (excludes halogenated alkanes) is 1. The summed E-state index contributed by atoms with van der Waals surface area (Å²) in [5.41, 5.74) is 0.382. The zero-order valence-corrected chi connectivity index (χ0v) is 9.89. The fraction of sp³-hybridized carbons (Fsp3) is 0.700. The average Bonchev–Trinajstić information content (AvgIpc) is 2.57. The number of aryl methyl sites for hydroxylation is 1. The summed E-state index contributed by atoms with van der Waals surface area (Å²) in [6, 6.07) is 0. The van der Waals surface area contributed by atoms with E-state index in [1.165, 1.54) is 9.58 Å². The summed E-state index contributed by atoms with van der Waals surface area (Å²) in [6.07, 6.45) is 2.35. The van der Waals surface area contributed by atoms with E-state index in [0.717, 1.165) is 12.8 Å². The fourth-order valence-electron chi connectivity index (χ4n) is 1.33. The van der Waals surface area contributed by atoms with E-state index in [1.807, 2.05) is 6.92 Å². The lowest BCUT2D eigenvalue weighted by molar-refractivity contribution is -0.746.